The largest absolute Gasteiger partial charge is 0.323 e. The van der Waals surface area contributed by atoms with Crippen LogP contribution in [-0.2, 0) is 9.59 Å². The number of hydrogen-bond acceptors (Lipinski definition) is 6. The number of amides is 4. The molecule has 11 heteroatoms. The number of urea groups is 1. The van der Waals surface area contributed by atoms with Crippen LogP contribution in [-0.4, -0.2) is 35.4 Å². The molecule has 0 bridgehead atoms. The fourth-order valence-corrected chi connectivity index (χ4v) is 2.88. The maximum atomic E-state index is 13.6. The minimum atomic E-state index is -1.61. The van der Waals surface area contributed by atoms with Crippen molar-refractivity contribution in [1.29, 1.82) is 5.41 Å². The van der Waals surface area contributed by atoms with E-state index in [1.54, 1.807) is 0 Å². The second-order valence-corrected chi connectivity index (χ2v) is 6.18. The number of hydrogen-bond donors (Lipinski definition) is 5. The molecular weight excluding hydrogens is 362 g/mol. The van der Waals surface area contributed by atoms with E-state index in [-0.39, 0.29) is 11.6 Å². The Balaban J connectivity index is 1.78. The fourth-order valence-electron chi connectivity index (χ4n) is 2.88. The normalized spacial score (nSPS) is 22.5. The summed E-state index contributed by atoms with van der Waals surface area (Å²) in [6.07, 6.45) is 2.71. The lowest BCUT2D eigenvalue weighted by Crippen LogP contribution is -2.67. The molecule has 1 aliphatic heterocycles. The van der Waals surface area contributed by atoms with E-state index in [1.165, 1.54) is 0 Å². The Bertz CT molecular complexity index is 855. The summed E-state index contributed by atoms with van der Waals surface area (Å²) in [6, 6.07) is 1.97. The number of benzene rings is 1. The Hall–Kier alpha value is -3.37. The van der Waals surface area contributed by atoms with Crippen molar-refractivity contribution in [3.05, 3.63) is 29.8 Å². The molecule has 1 aliphatic carbocycles. The van der Waals surface area contributed by atoms with Gasteiger partial charge in [-0.05, 0) is 25.0 Å². The Labute approximate surface area is 152 Å². The lowest BCUT2D eigenvalue weighted by molar-refractivity contribution is -0.133. The third kappa shape index (κ3) is 3.48. The van der Waals surface area contributed by atoms with Crippen molar-refractivity contribution in [1.82, 2.24) is 16.0 Å². The molecule has 1 unspecified atom stereocenters. The lowest BCUT2D eigenvalue weighted by atomic mass is 9.75. The predicted octanol–water partition coefficient (Wildman–Crippen LogP) is 0.834. The molecule has 2 aliphatic rings. The summed E-state index contributed by atoms with van der Waals surface area (Å²) >= 11 is 0. The molecule has 1 aromatic rings. The maximum Gasteiger partial charge on any atom is 0.323 e. The summed E-state index contributed by atoms with van der Waals surface area (Å²) in [6.45, 7) is 0. The monoisotopic (exact) mass is 378 g/mol. The van der Waals surface area contributed by atoms with Gasteiger partial charge in [-0.15, -0.1) is 0 Å². The highest BCUT2D eigenvalue weighted by Crippen LogP contribution is 2.36. The number of imide groups is 1. The number of rotatable bonds is 6. The molecule has 0 radical (unpaired) electrons. The highest BCUT2D eigenvalue weighted by atomic mass is 19.1. The SMILES string of the molecule is N=C/C(=N\Nc1ccc(F)cc1F)C(=O)NC1(C2CCC2)NC(=O)NC1=O. The molecule has 4 amide bonds. The molecule has 1 atom stereocenters. The van der Waals surface area contributed by atoms with E-state index >= 15 is 0 Å². The molecule has 3 rings (SSSR count). The van der Waals surface area contributed by atoms with Crippen LogP contribution in [0.2, 0.25) is 0 Å². The Kier molecular flexibility index (Phi) is 4.84. The molecule has 1 heterocycles. The lowest BCUT2D eigenvalue weighted by Gasteiger charge is -2.40. The summed E-state index contributed by atoms with van der Waals surface area (Å²) in [4.78, 5) is 36.3. The summed E-state index contributed by atoms with van der Waals surface area (Å²) in [7, 11) is 0. The van der Waals surface area contributed by atoms with Gasteiger partial charge in [0.25, 0.3) is 11.8 Å². The number of anilines is 1. The summed E-state index contributed by atoms with van der Waals surface area (Å²) in [5.74, 6) is -3.60. The predicted molar refractivity (Wildman–Crippen MR) is 91.1 cm³/mol. The van der Waals surface area contributed by atoms with Crippen LogP contribution in [0.4, 0.5) is 19.3 Å². The average Bonchev–Trinajstić information content (AvgIpc) is 2.81. The van der Waals surface area contributed by atoms with Crippen LogP contribution in [0.25, 0.3) is 0 Å². The molecule has 0 spiro atoms. The first-order chi connectivity index (χ1) is 12.9. The molecule has 142 valence electrons. The van der Waals surface area contributed by atoms with Crippen LogP contribution in [0.15, 0.2) is 23.3 Å². The minimum Gasteiger partial charge on any atom is -0.320 e. The van der Waals surface area contributed by atoms with Gasteiger partial charge in [0.05, 0.1) is 11.9 Å². The second-order valence-electron chi connectivity index (χ2n) is 6.18. The number of nitrogens with one attached hydrogen (secondary N) is 5. The van der Waals surface area contributed by atoms with Crippen LogP contribution >= 0.6 is 0 Å². The third-order valence-corrected chi connectivity index (χ3v) is 4.52. The Morgan fingerprint density at radius 1 is 1.33 bits per heavy atom. The molecule has 5 N–H and O–H groups in total. The summed E-state index contributed by atoms with van der Waals surface area (Å²) in [5.41, 5.74) is -0.0516. The first-order valence-electron chi connectivity index (χ1n) is 8.11. The highest BCUT2D eigenvalue weighted by Gasteiger charge is 2.55. The van der Waals surface area contributed by atoms with Crippen LogP contribution in [0.3, 0.4) is 0 Å². The number of halogens is 2. The average molecular weight is 378 g/mol. The molecule has 9 nitrogen and oxygen atoms in total. The molecule has 0 aromatic heterocycles. The number of hydrazone groups is 1. The van der Waals surface area contributed by atoms with Gasteiger partial charge in [0.15, 0.2) is 17.2 Å². The van der Waals surface area contributed by atoms with Gasteiger partial charge >= 0.3 is 6.03 Å². The number of nitrogens with zero attached hydrogens (tertiary/aromatic N) is 1. The van der Waals surface area contributed by atoms with Crippen molar-refractivity contribution < 1.29 is 23.2 Å². The molecule has 1 saturated carbocycles. The van der Waals surface area contributed by atoms with E-state index in [0.29, 0.717) is 25.1 Å². The van der Waals surface area contributed by atoms with Crippen molar-refractivity contribution in [2.45, 2.75) is 24.9 Å². The smallest absolute Gasteiger partial charge is 0.320 e. The van der Waals surface area contributed by atoms with Crippen molar-refractivity contribution in [3.63, 3.8) is 0 Å². The van der Waals surface area contributed by atoms with Crippen LogP contribution in [0.1, 0.15) is 19.3 Å². The molecule has 2 fully saturated rings. The van der Waals surface area contributed by atoms with Crippen LogP contribution < -0.4 is 21.4 Å². The van der Waals surface area contributed by atoms with Crippen molar-refractivity contribution in [2.75, 3.05) is 5.43 Å². The van der Waals surface area contributed by atoms with E-state index in [9.17, 15) is 23.2 Å². The van der Waals surface area contributed by atoms with E-state index < -0.39 is 40.9 Å². The molecule has 27 heavy (non-hydrogen) atoms. The minimum absolute atomic E-state index is 0.204. The third-order valence-electron chi connectivity index (χ3n) is 4.52. The van der Waals surface area contributed by atoms with Gasteiger partial charge in [0.1, 0.15) is 5.82 Å². The van der Waals surface area contributed by atoms with Gasteiger partial charge in [0, 0.05) is 12.0 Å². The zero-order valence-electron chi connectivity index (χ0n) is 13.9. The van der Waals surface area contributed by atoms with Gasteiger partial charge in [-0.2, -0.15) is 5.10 Å². The van der Waals surface area contributed by atoms with E-state index in [4.69, 9.17) is 5.41 Å². The first-order valence-corrected chi connectivity index (χ1v) is 8.11. The topological polar surface area (TPSA) is 136 Å². The number of carbonyl (C=O) groups excluding carboxylic acids is 3. The second kappa shape index (κ2) is 7.09. The zero-order valence-corrected chi connectivity index (χ0v) is 13.9. The maximum absolute atomic E-state index is 13.6. The molecule has 1 aromatic carbocycles. The van der Waals surface area contributed by atoms with Crippen molar-refractivity contribution in [2.24, 2.45) is 11.0 Å². The van der Waals surface area contributed by atoms with Crippen molar-refractivity contribution >= 4 is 35.5 Å². The quantitative estimate of drug-likeness (QED) is 0.285. The van der Waals surface area contributed by atoms with Crippen molar-refractivity contribution in [3.8, 4) is 0 Å². The van der Waals surface area contributed by atoms with Gasteiger partial charge in [0.2, 0.25) is 0 Å². The van der Waals surface area contributed by atoms with Gasteiger partial charge in [-0.1, -0.05) is 6.42 Å². The first kappa shape index (κ1) is 18.4. The van der Waals surface area contributed by atoms with Crippen LogP contribution in [0, 0.1) is 23.0 Å². The Morgan fingerprint density at radius 2 is 2.07 bits per heavy atom. The van der Waals surface area contributed by atoms with Crippen LogP contribution in [0.5, 0.6) is 0 Å². The van der Waals surface area contributed by atoms with Gasteiger partial charge in [-0.3, -0.25) is 20.3 Å². The summed E-state index contributed by atoms with van der Waals surface area (Å²) < 4.78 is 26.5. The van der Waals surface area contributed by atoms with E-state index in [1.807, 2.05) is 0 Å². The van der Waals surface area contributed by atoms with Gasteiger partial charge < -0.3 is 16.0 Å². The standard InChI is InChI=1S/C16H16F2N6O3/c17-9-4-5-11(10(18)6-9)23-24-12(7-19)13(25)21-16(8-2-1-3-8)14(26)20-15(27)22-16/h4-8,19,23H,1-3H2,(H,21,25)(H2,20,22,26,27)/b19-7?,24-12+. The Morgan fingerprint density at radius 3 is 2.59 bits per heavy atom. The fraction of sp³-hybridized carbons (Fsp3) is 0.312. The highest BCUT2D eigenvalue weighted by molar-refractivity contribution is 6.60. The number of carbonyl (C=O) groups is 3. The summed E-state index contributed by atoms with van der Waals surface area (Å²) in [5, 5.41) is 17.9. The zero-order chi connectivity index (χ0) is 19.6. The van der Waals surface area contributed by atoms with E-state index in [2.05, 4.69) is 26.5 Å². The van der Waals surface area contributed by atoms with Gasteiger partial charge in [-0.25, -0.2) is 13.6 Å². The molecular formula is C16H16F2N6O3. The molecule has 1 saturated heterocycles. The van der Waals surface area contributed by atoms with E-state index in [0.717, 1.165) is 18.6 Å².